The molecule has 158 valence electrons. The molecule has 0 heterocycles. The average molecular weight is 416 g/mol. The zero-order valence-electron chi connectivity index (χ0n) is 16.3. The third kappa shape index (κ3) is 5.74. The summed E-state index contributed by atoms with van der Waals surface area (Å²) in [5.41, 5.74) is 1.54. The first-order valence-corrected chi connectivity index (χ1v) is 8.93. The van der Waals surface area contributed by atoms with E-state index in [1.807, 2.05) is 12.1 Å². The number of nitro groups is 2. The highest BCUT2D eigenvalue weighted by molar-refractivity contribution is 5.88. The standard InChI is InChI=1S/C19H20N4O7/c1-3-12(2)13-4-6-16(7-5-13)30-11-18(24)21-20-10-14-8-15(22(26)27)9-17(19(14)25)23(28)29/h4-10,12,25H,3,11H2,1-2H3,(H,21,24)/b20-10-. The fourth-order valence-electron chi connectivity index (χ4n) is 2.45. The first kappa shape index (κ1) is 22.3. The molecule has 0 saturated carbocycles. The quantitative estimate of drug-likeness (QED) is 0.361. The number of aromatic hydroxyl groups is 1. The van der Waals surface area contributed by atoms with Crippen molar-refractivity contribution in [1.29, 1.82) is 0 Å². The van der Waals surface area contributed by atoms with Crippen molar-refractivity contribution >= 4 is 23.5 Å². The van der Waals surface area contributed by atoms with E-state index < -0.39 is 32.9 Å². The molecule has 11 nitrogen and oxygen atoms in total. The highest BCUT2D eigenvalue weighted by Crippen LogP contribution is 2.33. The van der Waals surface area contributed by atoms with Crippen molar-refractivity contribution in [3.05, 3.63) is 67.8 Å². The van der Waals surface area contributed by atoms with Gasteiger partial charge in [0.1, 0.15) is 5.75 Å². The number of ether oxygens (including phenoxy) is 1. The zero-order chi connectivity index (χ0) is 22.3. The summed E-state index contributed by atoms with van der Waals surface area (Å²) in [4.78, 5) is 31.8. The van der Waals surface area contributed by atoms with Crippen LogP contribution >= 0.6 is 0 Å². The lowest BCUT2D eigenvalue weighted by Gasteiger charge is -2.10. The summed E-state index contributed by atoms with van der Waals surface area (Å²) in [5, 5.41) is 35.2. The van der Waals surface area contributed by atoms with Crippen molar-refractivity contribution in [2.45, 2.75) is 26.2 Å². The summed E-state index contributed by atoms with van der Waals surface area (Å²) in [5.74, 6) is -0.524. The molecule has 0 bridgehead atoms. The Morgan fingerprint density at radius 1 is 1.23 bits per heavy atom. The highest BCUT2D eigenvalue weighted by atomic mass is 16.6. The number of nitrogens with one attached hydrogen (secondary N) is 1. The Morgan fingerprint density at radius 2 is 1.90 bits per heavy atom. The molecular formula is C19H20N4O7. The van der Waals surface area contributed by atoms with Crippen LogP contribution in [0.3, 0.4) is 0 Å². The van der Waals surface area contributed by atoms with E-state index in [0.717, 1.165) is 24.3 Å². The Kier molecular flexibility index (Phi) is 7.39. The summed E-state index contributed by atoms with van der Waals surface area (Å²) in [6.07, 6.45) is 1.87. The maximum atomic E-state index is 11.8. The topological polar surface area (TPSA) is 157 Å². The highest BCUT2D eigenvalue weighted by Gasteiger charge is 2.23. The van der Waals surface area contributed by atoms with Crippen LogP contribution in [0.2, 0.25) is 0 Å². The molecule has 0 aliphatic carbocycles. The number of phenolic OH excluding ortho intramolecular Hbond substituents is 1. The maximum absolute atomic E-state index is 11.8. The molecule has 0 saturated heterocycles. The molecule has 0 aliphatic rings. The van der Waals surface area contributed by atoms with Gasteiger partial charge in [0, 0.05) is 6.07 Å². The molecule has 2 aromatic rings. The summed E-state index contributed by atoms with van der Waals surface area (Å²) in [6.45, 7) is 3.85. The minimum Gasteiger partial charge on any atom is -0.502 e. The van der Waals surface area contributed by atoms with E-state index in [1.165, 1.54) is 0 Å². The predicted molar refractivity (Wildman–Crippen MR) is 108 cm³/mol. The van der Waals surface area contributed by atoms with Crippen molar-refractivity contribution in [2.24, 2.45) is 5.10 Å². The summed E-state index contributed by atoms with van der Waals surface area (Å²) in [6, 6.07) is 8.85. The number of non-ortho nitro benzene ring substituents is 1. The number of hydrogen-bond donors (Lipinski definition) is 2. The second-order valence-electron chi connectivity index (χ2n) is 6.38. The van der Waals surface area contributed by atoms with E-state index in [2.05, 4.69) is 24.4 Å². The van der Waals surface area contributed by atoms with Crippen LogP contribution in [0.1, 0.15) is 37.3 Å². The molecule has 0 radical (unpaired) electrons. The Hall–Kier alpha value is -4.02. The Bertz CT molecular complexity index is 974. The normalized spacial score (nSPS) is 11.8. The lowest BCUT2D eigenvalue weighted by atomic mass is 9.99. The van der Waals surface area contributed by atoms with Crippen LogP contribution in [0, 0.1) is 20.2 Å². The molecule has 1 atom stereocenters. The van der Waals surface area contributed by atoms with Crippen molar-refractivity contribution < 1.29 is 24.5 Å². The van der Waals surface area contributed by atoms with E-state index in [4.69, 9.17) is 4.74 Å². The molecule has 2 aromatic carbocycles. The Labute approximate surface area is 171 Å². The van der Waals surface area contributed by atoms with Crippen molar-refractivity contribution in [1.82, 2.24) is 5.43 Å². The van der Waals surface area contributed by atoms with Gasteiger partial charge in [-0.15, -0.1) is 0 Å². The minimum atomic E-state index is -0.960. The smallest absolute Gasteiger partial charge is 0.318 e. The number of carbonyl (C=O) groups excluding carboxylic acids is 1. The molecule has 11 heteroatoms. The second-order valence-corrected chi connectivity index (χ2v) is 6.38. The number of nitrogens with zero attached hydrogens (tertiary/aromatic N) is 3. The van der Waals surface area contributed by atoms with E-state index in [9.17, 15) is 30.1 Å². The molecule has 2 N–H and O–H groups in total. The lowest BCUT2D eigenvalue weighted by Crippen LogP contribution is -2.24. The fourth-order valence-corrected chi connectivity index (χ4v) is 2.45. The first-order valence-electron chi connectivity index (χ1n) is 8.93. The predicted octanol–water partition coefficient (Wildman–Crippen LogP) is 3.25. The zero-order valence-corrected chi connectivity index (χ0v) is 16.3. The molecule has 0 spiro atoms. The molecule has 0 fully saturated rings. The van der Waals surface area contributed by atoms with E-state index in [1.54, 1.807) is 12.1 Å². The van der Waals surface area contributed by atoms with Crippen LogP contribution in [0.25, 0.3) is 0 Å². The lowest BCUT2D eigenvalue weighted by molar-refractivity contribution is -0.394. The molecular weight excluding hydrogens is 396 g/mol. The largest absolute Gasteiger partial charge is 0.502 e. The van der Waals surface area contributed by atoms with Gasteiger partial charge in [0.25, 0.3) is 11.6 Å². The van der Waals surface area contributed by atoms with Crippen LogP contribution in [0.4, 0.5) is 11.4 Å². The monoisotopic (exact) mass is 416 g/mol. The third-order valence-electron chi connectivity index (χ3n) is 4.34. The molecule has 1 amide bonds. The molecule has 1 unspecified atom stereocenters. The van der Waals surface area contributed by atoms with Gasteiger partial charge >= 0.3 is 5.69 Å². The van der Waals surface area contributed by atoms with Gasteiger partial charge in [-0.05, 0) is 30.0 Å². The molecule has 0 aliphatic heterocycles. The van der Waals surface area contributed by atoms with E-state index >= 15 is 0 Å². The van der Waals surface area contributed by atoms with Gasteiger partial charge in [0.2, 0.25) is 5.75 Å². The molecule has 30 heavy (non-hydrogen) atoms. The molecule has 2 rings (SSSR count). The first-order chi connectivity index (χ1) is 14.2. The van der Waals surface area contributed by atoms with Gasteiger partial charge in [-0.3, -0.25) is 25.0 Å². The number of rotatable bonds is 9. The number of phenols is 1. The van der Waals surface area contributed by atoms with Crippen LogP contribution in [-0.2, 0) is 4.79 Å². The number of carbonyl (C=O) groups is 1. The van der Waals surface area contributed by atoms with E-state index in [0.29, 0.717) is 17.7 Å². The van der Waals surface area contributed by atoms with Crippen LogP contribution in [-0.4, -0.2) is 33.7 Å². The molecule has 0 aromatic heterocycles. The second kappa shape index (κ2) is 9.96. The maximum Gasteiger partial charge on any atom is 0.318 e. The fraction of sp³-hybridized carbons (Fsp3) is 0.263. The number of benzene rings is 2. The summed E-state index contributed by atoms with van der Waals surface area (Å²) >= 11 is 0. The Balaban J connectivity index is 1.99. The number of hydrogen-bond acceptors (Lipinski definition) is 8. The van der Waals surface area contributed by atoms with Gasteiger partial charge in [-0.2, -0.15) is 5.10 Å². The van der Waals surface area contributed by atoms with Crippen molar-refractivity contribution in [3.8, 4) is 11.5 Å². The third-order valence-corrected chi connectivity index (χ3v) is 4.34. The number of amides is 1. The van der Waals surface area contributed by atoms with Gasteiger partial charge in [-0.25, -0.2) is 5.43 Å². The van der Waals surface area contributed by atoms with Crippen molar-refractivity contribution in [3.63, 3.8) is 0 Å². The van der Waals surface area contributed by atoms with Crippen LogP contribution < -0.4 is 10.2 Å². The van der Waals surface area contributed by atoms with Gasteiger partial charge in [-0.1, -0.05) is 26.0 Å². The number of hydrazone groups is 1. The van der Waals surface area contributed by atoms with Gasteiger partial charge in [0.15, 0.2) is 6.61 Å². The van der Waals surface area contributed by atoms with Crippen LogP contribution in [0.15, 0.2) is 41.5 Å². The SMILES string of the molecule is CCC(C)c1ccc(OCC(=O)N/N=C\c2cc([N+](=O)[O-])cc([N+](=O)[O-])c2O)cc1. The van der Waals surface area contributed by atoms with E-state index in [-0.39, 0.29) is 12.2 Å². The van der Waals surface area contributed by atoms with Gasteiger partial charge in [0.05, 0.1) is 27.7 Å². The van der Waals surface area contributed by atoms with Crippen LogP contribution in [0.5, 0.6) is 11.5 Å². The van der Waals surface area contributed by atoms with Crippen molar-refractivity contribution in [2.75, 3.05) is 6.61 Å². The minimum absolute atomic E-state index is 0.294. The summed E-state index contributed by atoms with van der Waals surface area (Å²) in [7, 11) is 0. The number of nitro benzene ring substituents is 2. The van der Waals surface area contributed by atoms with Gasteiger partial charge < -0.3 is 9.84 Å². The average Bonchev–Trinajstić information content (AvgIpc) is 2.72. The Morgan fingerprint density at radius 3 is 2.47 bits per heavy atom. The summed E-state index contributed by atoms with van der Waals surface area (Å²) < 4.78 is 5.35.